The maximum Gasteiger partial charge on any atom is 0.250 e. The van der Waals surface area contributed by atoms with Gasteiger partial charge in [-0.2, -0.15) is 5.10 Å². The molecule has 28 heavy (non-hydrogen) atoms. The fraction of sp³-hybridized carbons (Fsp3) is 0.190. The highest BCUT2D eigenvalue weighted by molar-refractivity contribution is 7.99. The summed E-state index contributed by atoms with van der Waals surface area (Å²) in [4.78, 5) is 16.7. The molecule has 7 heteroatoms. The molecule has 0 aliphatic heterocycles. The molecule has 0 spiro atoms. The predicted octanol–water partition coefficient (Wildman–Crippen LogP) is 3.80. The summed E-state index contributed by atoms with van der Waals surface area (Å²) in [6, 6.07) is 15.4. The van der Waals surface area contributed by atoms with E-state index in [2.05, 4.69) is 15.5 Å². The number of carbonyl (C=O) groups is 1. The summed E-state index contributed by atoms with van der Waals surface area (Å²) in [5.74, 6) is 1.17. The molecule has 0 radical (unpaired) electrons. The lowest BCUT2D eigenvalue weighted by Crippen LogP contribution is -2.19. The molecule has 0 bridgehead atoms. The van der Waals surface area contributed by atoms with E-state index in [4.69, 9.17) is 9.47 Å². The number of ether oxygens (including phenoxy) is 2. The minimum atomic E-state index is -0.212. The Morgan fingerprint density at radius 2 is 2.00 bits per heavy atom. The molecule has 144 valence electrons. The van der Waals surface area contributed by atoms with Gasteiger partial charge in [0.15, 0.2) is 11.5 Å². The lowest BCUT2D eigenvalue weighted by molar-refractivity contribution is -0.118. The molecular weight excluding hydrogens is 374 g/mol. The smallest absolute Gasteiger partial charge is 0.250 e. The number of hydrogen-bond donors (Lipinski definition) is 1. The molecule has 3 rings (SSSR count). The number of nitrogens with zero attached hydrogens (tertiary/aromatic N) is 2. The van der Waals surface area contributed by atoms with E-state index < -0.39 is 0 Å². The molecule has 0 unspecified atom stereocenters. The molecule has 0 saturated carbocycles. The first-order chi connectivity index (χ1) is 13.6. The van der Waals surface area contributed by atoms with Gasteiger partial charge in [0, 0.05) is 10.9 Å². The van der Waals surface area contributed by atoms with E-state index in [-0.39, 0.29) is 11.7 Å². The third-order valence-electron chi connectivity index (χ3n) is 4.08. The third-order valence-corrected chi connectivity index (χ3v) is 4.99. The Kier molecular flexibility index (Phi) is 6.49. The van der Waals surface area contributed by atoms with Gasteiger partial charge in [0.2, 0.25) is 5.91 Å². The normalized spacial score (nSPS) is 11.0. The fourth-order valence-electron chi connectivity index (χ4n) is 2.75. The first-order valence-corrected chi connectivity index (χ1v) is 9.63. The molecule has 6 nitrogen and oxygen atoms in total. The van der Waals surface area contributed by atoms with Gasteiger partial charge in [-0.1, -0.05) is 36.0 Å². The molecular formula is C21H21N3O3S. The lowest BCUT2D eigenvalue weighted by Gasteiger charge is -2.09. The molecule has 3 aromatic rings. The number of methoxy groups -OCH3 is 2. The predicted molar refractivity (Wildman–Crippen MR) is 112 cm³/mol. The van der Waals surface area contributed by atoms with Crippen molar-refractivity contribution in [2.75, 3.05) is 20.0 Å². The number of benzene rings is 2. The van der Waals surface area contributed by atoms with Crippen LogP contribution in [-0.2, 0) is 4.79 Å². The van der Waals surface area contributed by atoms with Gasteiger partial charge in [-0.15, -0.1) is 0 Å². The van der Waals surface area contributed by atoms with Gasteiger partial charge in [-0.05, 0) is 36.8 Å². The van der Waals surface area contributed by atoms with Crippen molar-refractivity contribution >= 4 is 34.8 Å². The molecule has 1 heterocycles. The number of amides is 1. The summed E-state index contributed by atoms with van der Waals surface area (Å²) in [5, 5.41) is 5.94. The van der Waals surface area contributed by atoms with E-state index >= 15 is 0 Å². The molecule has 0 fully saturated rings. The first kappa shape index (κ1) is 19.7. The highest BCUT2D eigenvalue weighted by Gasteiger charge is 2.08. The Hall–Kier alpha value is -3.06. The van der Waals surface area contributed by atoms with Crippen LogP contribution in [0.2, 0.25) is 0 Å². The van der Waals surface area contributed by atoms with Crippen LogP contribution >= 0.6 is 11.8 Å². The van der Waals surface area contributed by atoms with E-state index in [1.165, 1.54) is 18.0 Å². The fourth-order valence-corrected chi connectivity index (χ4v) is 3.52. The van der Waals surface area contributed by atoms with Crippen molar-refractivity contribution in [3.8, 4) is 11.5 Å². The second-order valence-electron chi connectivity index (χ2n) is 5.96. The van der Waals surface area contributed by atoms with Gasteiger partial charge >= 0.3 is 0 Å². The number of thioether (sulfide) groups is 1. The van der Waals surface area contributed by atoms with E-state index in [0.717, 1.165) is 21.5 Å². The van der Waals surface area contributed by atoms with Gasteiger partial charge in [0.05, 0.1) is 36.7 Å². The topological polar surface area (TPSA) is 72.8 Å². The van der Waals surface area contributed by atoms with Crippen molar-refractivity contribution in [2.24, 2.45) is 5.10 Å². The minimum Gasteiger partial charge on any atom is -0.493 e. The van der Waals surface area contributed by atoms with Gasteiger partial charge in [-0.25, -0.2) is 10.4 Å². The highest BCUT2D eigenvalue weighted by Crippen LogP contribution is 2.29. The van der Waals surface area contributed by atoms with Crippen molar-refractivity contribution in [2.45, 2.75) is 11.9 Å². The Balaban J connectivity index is 1.60. The number of fused-ring (bicyclic) bond motifs is 1. The van der Waals surface area contributed by atoms with Crippen molar-refractivity contribution in [1.82, 2.24) is 10.4 Å². The molecule has 0 aliphatic carbocycles. The summed E-state index contributed by atoms with van der Waals surface area (Å²) in [6.45, 7) is 2.04. The number of pyridine rings is 1. The highest BCUT2D eigenvalue weighted by atomic mass is 32.2. The zero-order valence-electron chi connectivity index (χ0n) is 15.9. The Bertz CT molecular complexity index is 1020. The molecule has 1 aromatic heterocycles. The number of nitrogens with one attached hydrogen (secondary N) is 1. The van der Waals surface area contributed by atoms with Crippen molar-refractivity contribution < 1.29 is 14.3 Å². The summed E-state index contributed by atoms with van der Waals surface area (Å²) in [7, 11) is 3.13. The van der Waals surface area contributed by atoms with Crippen molar-refractivity contribution in [3.05, 3.63) is 59.7 Å². The van der Waals surface area contributed by atoms with Crippen LogP contribution in [0.5, 0.6) is 11.5 Å². The molecule has 0 saturated heterocycles. The van der Waals surface area contributed by atoms with E-state index in [1.807, 2.05) is 49.4 Å². The maximum atomic E-state index is 12.1. The van der Waals surface area contributed by atoms with E-state index in [1.54, 1.807) is 20.3 Å². The Morgan fingerprint density at radius 1 is 1.18 bits per heavy atom. The Labute approximate surface area is 168 Å². The number of hydrogen-bond acceptors (Lipinski definition) is 6. The molecule has 0 aliphatic rings. The minimum absolute atomic E-state index is 0.212. The van der Waals surface area contributed by atoms with Gasteiger partial charge in [-0.3, -0.25) is 4.79 Å². The van der Waals surface area contributed by atoms with Gasteiger partial charge < -0.3 is 9.47 Å². The number of aromatic nitrogens is 1. The van der Waals surface area contributed by atoms with Crippen LogP contribution < -0.4 is 14.9 Å². The molecule has 1 N–H and O–H groups in total. The summed E-state index contributed by atoms with van der Waals surface area (Å²) >= 11 is 1.38. The van der Waals surface area contributed by atoms with Gasteiger partial charge in [0.1, 0.15) is 0 Å². The number of carbonyl (C=O) groups excluding carboxylic acids is 1. The average Bonchev–Trinajstić information content (AvgIpc) is 2.72. The largest absolute Gasteiger partial charge is 0.493 e. The quantitative estimate of drug-likeness (QED) is 0.374. The standard InChI is InChI=1S/C21H21N3O3S/c1-14-11-20(23-17-9-5-4-8-16(14)17)28-13-19(25)24-22-12-15-7-6-10-18(26-2)21(15)27-3/h4-12H,13H2,1-3H3,(H,24,25)/b22-12-. The zero-order chi connectivity index (χ0) is 19.9. The van der Waals surface area contributed by atoms with Crippen LogP contribution in [0.3, 0.4) is 0 Å². The average molecular weight is 395 g/mol. The number of para-hydroxylation sites is 2. The Morgan fingerprint density at radius 3 is 2.79 bits per heavy atom. The van der Waals surface area contributed by atoms with Crippen LogP contribution in [0.4, 0.5) is 0 Å². The SMILES string of the molecule is COc1cccc(/C=N\NC(=O)CSc2cc(C)c3ccccc3n2)c1OC. The summed E-state index contributed by atoms with van der Waals surface area (Å²) in [5.41, 5.74) is 5.30. The second kappa shape index (κ2) is 9.23. The molecule has 0 atom stereocenters. The maximum absolute atomic E-state index is 12.1. The number of aryl methyl sites for hydroxylation is 1. The van der Waals surface area contributed by atoms with Gasteiger partial charge in [0.25, 0.3) is 0 Å². The van der Waals surface area contributed by atoms with Crippen LogP contribution in [0.25, 0.3) is 10.9 Å². The molecule has 2 aromatic carbocycles. The van der Waals surface area contributed by atoms with E-state index in [0.29, 0.717) is 17.1 Å². The van der Waals surface area contributed by atoms with Crippen molar-refractivity contribution in [3.63, 3.8) is 0 Å². The zero-order valence-corrected chi connectivity index (χ0v) is 16.7. The third kappa shape index (κ3) is 4.61. The summed E-state index contributed by atoms with van der Waals surface area (Å²) < 4.78 is 10.6. The molecule has 1 amide bonds. The van der Waals surface area contributed by atoms with Crippen LogP contribution in [0.15, 0.2) is 58.7 Å². The number of hydrazone groups is 1. The van der Waals surface area contributed by atoms with Crippen LogP contribution in [0, 0.1) is 6.92 Å². The summed E-state index contributed by atoms with van der Waals surface area (Å²) in [6.07, 6.45) is 1.53. The lowest BCUT2D eigenvalue weighted by atomic mass is 10.1. The first-order valence-electron chi connectivity index (χ1n) is 8.64. The second-order valence-corrected chi connectivity index (χ2v) is 6.95. The van der Waals surface area contributed by atoms with Crippen LogP contribution in [-0.4, -0.2) is 37.1 Å². The monoisotopic (exact) mass is 395 g/mol. The van der Waals surface area contributed by atoms with E-state index in [9.17, 15) is 4.79 Å². The van der Waals surface area contributed by atoms with Crippen molar-refractivity contribution in [1.29, 1.82) is 0 Å². The van der Waals surface area contributed by atoms with Crippen LogP contribution in [0.1, 0.15) is 11.1 Å². The number of rotatable bonds is 7.